The molecule has 4 rings (SSSR count). The number of halogens is 1. The van der Waals surface area contributed by atoms with Crippen LogP contribution >= 0.6 is 11.6 Å². The van der Waals surface area contributed by atoms with Gasteiger partial charge in [-0.25, -0.2) is 9.69 Å². The second kappa shape index (κ2) is 7.84. The number of anilines is 1. The molecule has 4 amide bonds. The van der Waals surface area contributed by atoms with E-state index in [1.807, 2.05) is 0 Å². The van der Waals surface area contributed by atoms with Gasteiger partial charge in [-0.2, -0.15) is 0 Å². The number of aromatic nitrogens is 1. The van der Waals surface area contributed by atoms with E-state index in [4.69, 9.17) is 16.0 Å². The quantitative estimate of drug-likeness (QED) is 0.284. The molecule has 1 aliphatic rings. The van der Waals surface area contributed by atoms with E-state index in [9.17, 15) is 24.5 Å². The number of nitro benzene ring substituents is 1. The minimum Gasteiger partial charge on any atom is -0.457 e. The summed E-state index contributed by atoms with van der Waals surface area (Å²) in [5.41, 5.74) is 0.0936. The van der Waals surface area contributed by atoms with Crippen molar-refractivity contribution in [3.05, 3.63) is 81.3 Å². The van der Waals surface area contributed by atoms with Crippen LogP contribution in [0.15, 0.2) is 64.8 Å². The summed E-state index contributed by atoms with van der Waals surface area (Å²) in [4.78, 5) is 52.1. The summed E-state index contributed by atoms with van der Waals surface area (Å²) in [6, 6.07) is 9.07. The molecule has 0 bridgehead atoms. The summed E-state index contributed by atoms with van der Waals surface area (Å²) in [6.07, 6.45) is 3.98. The Morgan fingerprint density at radius 2 is 1.97 bits per heavy atom. The number of nitro groups is 1. The molecule has 0 radical (unpaired) electrons. The van der Waals surface area contributed by atoms with Crippen LogP contribution in [0.2, 0.25) is 5.02 Å². The number of non-ortho nitro benzene ring substituents is 1. The van der Waals surface area contributed by atoms with Gasteiger partial charge in [0.2, 0.25) is 0 Å². The van der Waals surface area contributed by atoms with Crippen molar-refractivity contribution in [1.82, 2.24) is 10.3 Å². The molecule has 31 heavy (non-hydrogen) atoms. The third kappa shape index (κ3) is 3.79. The van der Waals surface area contributed by atoms with Crippen molar-refractivity contribution < 1.29 is 23.7 Å². The number of hydrogen-bond acceptors (Lipinski definition) is 7. The standard InChI is InChI=1S/C20H11ClN4O6/c21-16-8-11(25(29)30)3-5-14(16)17-6-4-13(31-17)9-15-18(26)23-20(28)24(19(15)27)12-2-1-7-22-10-12/h1-10H,(H,23,26,28)/b15-9+. The third-order valence-corrected chi connectivity index (χ3v) is 4.66. The molecule has 1 saturated heterocycles. The maximum Gasteiger partial charge on any atom is 0.336 e. The van der Waals surface area contributed by atoms with E-state index in [1.54, 1.807) is 6.07 Å². The highest BCUT2D eigenvalue weighted by atomic mass is 35.5. The normalized spacial score (nSPS) is 15.3. The first-order chi connectivity index (χ1) is 14.8. The number of carbonyl (C=O) groups is 3. The van der Waals surface area contributed by atoms with E-state index in [1.165, 1.54) is 54.9 Å². The number of carbonyl (C=O) groups excluding carboxylic acids is 3. The Hall–Kier alpha value is -4.31. The van der Waals surface area contributed by atoms with Crippen LogP contribution in [0.4, 0.5) is 16.2 Å². The predicted octanol–water partition coefficient (Wildman–Crippen LogP) is 3.57. The molecule has 0 spiro atoms. The van der Waals surface area contributed by atoms with Crippen molar-refractivity contribution in [3.63, 3.8) is 0 Å². The number of amides is 4. The Labute approximate surface area is 178 Å². The summed E-state index contributed by atoms with van der Waals surface area (Å²) in [5, 5.41) is 13.1. The SMILES string of the molecule is O=C1NC(=O)N(c2cccnc2)C(=O)/C1=C/c1ccc(-c2ccc([N+](=O)[O-])cc2Cl)o1. The Bertz CT molecular complexity index is 1270. The fraction of sp³-hybridized carbons (Fsp3) is 0. The lowest BCUT2D eigenvalue weighted by molar-refractivity contribution is -0.384. The zero-order valence-electron chi connectivity index (χ0n) is 15.4. The third-order valence-electron chi connectivity index (χ3n) is 4.35. The molecule has 0 unspecified atom stereocenters. The minimum absolute atomic E-state index is 0.0996. The average Bonchev–Trinajstić information content (AvgIpc) is 3.20. The first kappa shape index (κ1) is 20.0. The number of hydrogen-bond donors (Lipinski definition) is 1. The van der Waals surface area contributed by atoms with Crippen LogP contribution < -0.4 is 10.2 Å². The maximum absolute atomic E-state index is 12.8. The first-order valence-corrected chi connectivity index (χ1v) is 9.08. The molecule has 0 atom stereocenters. The Morgan fingerprint density at radius 3 is 2.65 bits per heavy atom. The van der Waals surface area contributed by atoms with Gasteiger partial charge in [-0.05, 0) is 36.4 Å². The Kier molecular flexibility index (Phi) is 5.05. The van der Waals surface area contributed by atoms with E-state index in [0.29, 0.717) is 5.56 Å². The number of imide groups is 2. The van der Waals surface area contributed by atoms with Gasteiger partial charge in [0.1, 0.15) is 17.1 Å². The highest BCUT2D eigenvalue weighted by Gasteiger charge is 2.37. The largest absolute Gasteiger partial charge is 0.457 e. The molecule has 3 heterocycles. The molecular weight excluding hydrogens is 428 g/mol. The van der Waals surface area contributed by atoms with E-state index in [2.05, 4.69) is 10.3 Å². The smallest absolute Gasteiger partial charge is 0.336 e. The van der Waals surface area contributed by atoms with Gasteiger partial charge in [-0.3, -0.25) is 30.0 Å². The summed E-state index contributed by atoms with van der Waals surface area (Å²) in [7, 11) is 0. The number of furan rings is 1. The van der Waals surface area contributed by atoms with Gasteiger partial charge in [0.25, 0.3) is 17.5 Å². The van der Waals surface area contributed by atoms with E-state index in [0.717, 1.165) is 4.90 Å². The van der Waals surface area contributed by atoms with Gasteiger partial charge >= 0.3 is 6.03 Å². The zero-order valence-corrected chi connectivity index (χ0v) is 16.2. The number of rotatable bonds is 4. The van der Waals surface area contributed by atoms with Crippen LogP contribution in [0, 0.1) is 10.1 Å². The van der Waals surface area contributed by atoms with Gasteiger partial charge in [0.15, 0.2) is 0 Å². The fourth-order valence-electron chi connectivity index (χ4n) is 2.91. The molecule has 2 aromatic heterocycles. The monoisotopic (exact) mass is 438 g/mol. The van der Waals surface area contributed by atoms with Crippen LogP contribution in [0.5, 0.6) is 0 Å². The van der Waals surface area contributed by atoms with Crippen LogP contribution in [-0.2, 0) is 9.59 Å². The van der Waals surface area contributed by atoms with E-state index >= 15 is 0 Å². The molecule has 10 nitrogen and oxygen atoms in total. The highest BCUT2D eigenvalue weighted by Crippen LogP contribution is 2.33. The van der Waals surface area contributed by atoms with Crippen molar-refractivity contribution in [2.75, 3.05) is 4.90 Å². The van der Waals surface area contributed by atoms with Gasteiger partial charge in [0, 0.05) is 23.9 Å². The highest BCUT2D eigenvalue weighted by molar-refractivity contribution is 6.39. The number of nitrogens with zero attached hydrogens (tertiary/aromatic N) is 3. The lowest BCUT2D eigenvalue weighted by atomic mass is 10.1. The van der Waals surface area contributed by atoms with Crippen molar-refractivity contribution in [2.45, 2.75) is 0 Å². The molecule has 1 fully saturated rings. The summed E-state index contributed by atoms with van der Waals surface area (Å²) in [6.45, 7) is 0. The van der Waals surface area contributed by atoms with Gasteiger partial charge < -0.3 is 4.42 Å². The van der Waals surface area contributed by atoms with Crippen LogP contribution in [-0.4, -0.2) is 27.8 Å². The van der Waals surface area contributed by atoms with Crippen LogP contribution in [0.25, 0.3) is 17.4 Å². The zero-order chi connectivity index (χ0) is 22.1. The molecule has 1 aliphatic heterocycles. The number of barbiturate groups is 1. The summed E-state index contributed by atoms with van der Waals surface area (Å²) >= 11 is 6.11. The second-order valence-electron chi connectivity index (χ2n) is 6.29. The van der Waals surface area contributed by atoms with Gasteiger partial charge in [-0.1, -0.05) is 11.6 Å². The first-order valence-electron chi connectivity index (χ1n) is 8.71. The van der Waals surface area contributed by atoms with Crippen LogP contribution in [0.3, 0.4) is 0 Å². The molecule has 11 heteroatoms. The van der Waals surface area contributed by atoms with E-state index < -0.39 is 22.8 Å². The van der Waals surface area contributed by atoms with Crippen molar-refractivity contribution in [3.8, 4) is 11.3 Å². The maximum atomic E-state index is 12.8. The fourth-order valence-corrected chi connectivity index (χ4v) is 3.18. The van der Waals surface area contributed by atoms with Gasteiger partial charge in [0.05, 0.1) is 21.8 Å². The Morgan fingerprint density at radius 1 is 1.16 bits per heavy atom. The predicted molar refractivity (Wildman–Crippen MR) is 109 cm³/mol. The van der Waals surface area contributed by atoms with Crippen molar-refractivity contribution in [2.24, 2.45) is 0 Å². The number of pyridine rings is 1. The van der Waals surface area contributed by atoms with Crippen LogP contribution in [0.1, 0.15) is 5.76 Å². The van der Waals surface area contributed by atoms with Gasteiger partial charge in [-0.15, -0.1) is 0 Å². The second-order valence-corrected chi connectivity index (χ2v) is 6.70. The average molecular weight is 439 g/mol. The Balaban J connectivity index is 1.67. The number of nitrogens with one attached hydrogen (secondary N) is 1. The molecule has 0 aliphatic carbocycles. The molecule has 154 valence electrons. The molecule has 1 aromatic carbocycles. The van der Waals surface area contributed by atoms with E-state index in [-0.39, 0.29) is 33.5 Å². The topological polar surface area (TPSA) is 136 Å². The molecule has 0 saturated carbocycles. The summed E-state index contributed by atoms with van der Waals surface area (Å²) in [5.74, 6) is -1.30. The molecule has 1 N–H and O–H groups in total. The summed E-state index contributed by atoms with van der Waals surface area (Å²) < 4.78 is 5.64. The lowest BCUT2D eigenvalue weighted by Gasteiger charge is -2.25. The lowest BCUT2D eigenvalue weighted by Crippen LogP contribution is -2.54. The minimum atomic E-state index is -0.891. The molecular formula is C20H11ClN4O6. The van der Waals surface area contributed by atoms with Crippen molar-refractivity contribution >= 4 is 46.9 Å². The van der Waals surface area contributed by atoms with Crippen molar-refractivity contribution in [1.29, 1.82) is 0 Å². The number of urea groups is 1. The number of benzene rings is 1. The molecule has 3 aromatic rings.